The van der Waals surface area contributed by atoms with Gasteiger partial charge in [0.15, 0.2) is 5.65 Å². The molecule has 0 saturated carbocycles. The minimum atomic E-state index is 0.645. The van der Waals surface area contributed by atoms with Gasteiger partial charge in [-0.25, -0.2) is 9.38 Å². The zero-order chi connectivity index (χ0) is 16.0. The number of nitrogens with one attached hydrogen (secondary N) is 1. The molecule has 2 aromatic heterocycles. The zero-order valence-electron chi connectivity index (χ0n) is 12.7. The summed E-state index contributed by atoms with van der Waals surface area (Å²) in [5.41, 5.74) is 3.55. The van der Waals surface area contributed by atoms with Gasteiger partial charge < -0.3 is 5.32 Å². The van der Waals surface area contributed by atoms with Crippen molar-refractivity contribution < 1.29 is 0 Å². The van der Waals surface area contributed by atoms with E-state index in [0.717, 1.165) is 33.6 Å². The van der Waals surface area contributed by atoms with Gasteiger partial charge in [0.2, 0.25) is 5.95 Å². The van der Waals surface area contributed by atoms with Gasteiger partial charge in [0.1, 0.15) is 5.82 Å². The molecule has 0 spiro atoms. The largest absolute Gasteiger partial charge is 0.324 e. The van der Waals surface area contributed by atoms with Crippen LogP contribution in [-0.4, -0.2) is 19.6 Å². The summed E-state index contributed by atoms with van der Waals surface area (Å²) >= 11 is 6.33. The normalized spacial score (nSPS) is 11.3. The Morgan fingerprint density at radius 3 is 2.70 bits per heavy atom. The van der Waals surface area contributed by atoms with Gasteiger partial charge in [0.25, 0.3) is 0 Å². The minimum absolute atomic E-state index is 0.645. The molecule has 0 aliphatic rings. The summed E-state index contributed by atoms with van der Waals surface area (Å²) < 4.78 is 1.90. The summed E-state index contributed by atoms with van der Waals surface area (Å²) in [4.78, 5) is 4.71. The molecule has 0 bridgehead atoms. The van der Waals surface area contributed by atoms with Gasteiger partial charge in [-0.3, -0.25) is 0 Å². The van der Waals surface area contributed by atoms with Crippen molar-refractivity contribution in [3.05, 3.63) is 58.9 Å². The van der Waals surface area contributed by atoms with E-state index >= 15 is 0 Å². The average molecular weight is 324 g/mol. The van der Waals surface area contributed by atoms with Crippen LogP contribution in [0.1, 0.15) is 11.4 Å². The first-order valence-corrected chi connectivity index (χ1v) is 7.65. The first kappa shape index (κ1) is 14.0. The van der Waals surface area contributed by atoms with Gasteiger partial charge in [-0.1, -0.05) is 29.8 Å². The number of hydrogen-bond donors (Lipinski definition) is 1. The lowest BCUT2D eigenvalue weighted by atomic mass is 10.2. The standard InChI is InChI=1S/C17H14ClN5/c1-10-7-8-15(13(18)9-10)20-17-19-14-6-4-3-5-12(14)16-22-21-11(2)23(16)17/h3-9H,1-2H3,(H,19,20). The van der Waals surface area contributed by atoms with Crippen LogP contribution in [-0.2, 0) is 0 Å². The highest BCUT2D eigenvalue weighted by Crippen LogP contribution is 2.28. The van der Waals surface area contributed by atoms with Crippen molar-refractivity contribution in [1.82, 2.24) is 19.6 Å². The Balaban J connectivity index is 1.95. The van der Waals surface area contributed by atoms with Gasteiger partial charge in [0.05, 0.1) is 16.2 Å². The molecule has 2 heterocycles. The Morgan fingerprint density at radius 2 is 1.87 bits per heavy atom. The van der Waals surface area contributed by atoms with Crippen LogP contribution in [0, 0.1) is 13.8 Å². The van der Waals surface area contributed by atoms with Crippen LogP contribution in [0.2, 0.25) is 5.02 Å². The quantitative estimate of drug-likeness (QED) is 0.598. The van der Waals surface area contributed by atoms with Gasteiger partial charge in [-0.05, 0) is 43.7 Å². The number of rotatable bonds is 2. The summed E-state index contributed by atoms with van der Waals surface area (Å²) in [6.45, 7) is 3.91. The van der Waals surface area contributed by atoms with Crippen LogP contribution in [0.15, 0.2) is 42.5 Å². The van der Waals surface area contributed by atoms with Crippen molar-refractivity contribution in [2.75, 3.05) is 5.32 Å². The SMILES string of the molecule is Cc1ccc(Nc2nc3ccccc3c3nnc(C)n23)c(Cl)c1. The van der Waals surface area contributed by atoms with E-state index in [2.05, 4.69) is 15.5 Å². The predicted octanol–water partition coefficient (Wildman–Crippen LogP) is 4.29. The third-order valence-electron chi connectivity index (χ3n) is 3.78. The first-order valence-electron chi connectivity index (χ1n) is 7.27. The van der Waals surface area contributed by atoms with Crippen molar-refractivity contribution in [3.63, 3.8) is 0 Å². The maximum Gasteiger partial charge on any atom is 0.215 e. The average Bonchev–Trinajstić information content (AvgIpc) is 2.93. The molecule has 4 rings (SSSR count). The fourth-order valence-electron chi connectivity index (χ4n) is 2.64. The van der Waals surface area contributed by atoms with Gasteiger partial charge in [0, 0.05) is 5.39 Å². The van der Waals surface area contributed by atoms with Crippen LogP contribution in [0.3, 0.4) is 0 Å². The highest BCUT2D eigenvalue weighted by molar-refractivity contribution is 6.33. The molecule has 0 unspecified atom stereocenters. The van der Waals surface area contributed by atoms with Crippen molar-refractivity contribution in [3.8, 4) is 0 Å². The molecule has 0 saturated heterocycles. The molecule has 23 heavy (non-hydrogen) atoms. The molecule has 2 aromatic carbocycles. The Hall–Kier alpha value is -2.66. The van der Waals surface area contributed by atoms with Crippen molar-refractivity contribution in [2.24, 2.45) is 0 Å². The molecule has 114 valence electrons. The maximum atomic E-state index is 6.33. The molecule has 0 amide bonds. The van der Waals surface area contributed by atoms with Crippen LogP contribution >= 0.6 is 11.6 Å². The number of halogens is 1. The van der Waals surface area contributed by atoms with E-state index in [4.69, 9.17) is 16.6 Å². The summed E-state index contributed by atoms with van der Waals surface area (Å²) in [5.74, 6) is 1.41. The number of anilines is 2. The Morgan fingerprint density at radius 1 is 1.04 bits per heavy atom. The molecule has 0 fully saturated rings. The zero-order valence-corrected chi connectivity index (χ0v) is 13.5. The van der Waals surface area contributed by atoms with E-state index in [0.29, 0.717) is 11.0 Å². The topological polar surface area (TPSA) is 55.1 Å². The molecular weight excluding hydrogens is 310 g/mol. The molecule has 1 N–H and O–H groups in total. The maximum absolute atomic E-state index is 6.33. The Bertz CT molecular complexity index is 1040. The summed E-state index contributed by atoms with van der Waals surface area (Å²) in [5, 5.41) is 13.4. The van der Waals surface area contributed by atoms with Gasteiger partial charge >= 0.3 is 0 Å². The number of fused-ring (bicyclic) bond motifs is 3. The fraction of sp³-hybridized carbons (Fsp3) is 0.118. The minimum Gasteiger partial charge on any atom is -0.324 e. The summed E-state index contributed by atoms with van der Waals surface area (Å²) in [6.07, 6.45) is 0. The number of aromatic nitrogens is 4. The Kier molecular flexibility index (Phi) is 3.16. The molecule has 4 aromatic rings. The smallest absolute Gasteiger partial charge is 0.215 e. The lowest BCUT2D eigenvalue weighted by molar-refractivity contribution is 0.995. The molecule has 0 radical (unpaired) electrons. The highest BCUT2D eigenvalue weighted by atomic mass is 35.5. The van der Waals surface area contributed by atoms with Gasteiger partial charge in [-0.2, -0.15) is 0 Å². The number of para-hydroxylation sites is 1. The van der Waals surface area contributed by atoms with Crippen molar-refractivity contribution in [1.29, 1.82) is 0 Å². The van der Waals surface area contributed by atoms with Crippen LogP contribution in [0.25, 0.3) is 16.6 Å². The highest BCUT2D eigenvalue weighted by Gasteiger charge is 2.13. The van der Waals surface area contributed by atoms with E-state index in [9.17, 15) is 0 Å². The van der Waals surface area contributed by atoms with E-state index < -0.39 is 0 Å². The van der Waals surface area contributed by atoms with Gasteiger partial charge in [-0.15, -0.1) is 10.2 Å². The van der Waals surface area contributed by atoms with E-state index in [1.165, 1.54) is 0 Å². The number of benzene rings is 2. The lowest BCUT2D eigenvalue weighted by Crippen LogP contribution is -2.04. The van der Waals surface area contributed by atoms with E-state index in [1.54, 1.807) is 0 Å². The predicted molar refractivity (Wildman–Crippen MR) is 92.5 cm³/mol. The second-order valence-corrected chi connectivity index (χ2v) is 5.87. The van der Waals surface area contributed by atoms with Crippen LogP contribution < -0.4 is 5.32 Å². The molecular formula is C17H14ClN5. The van der Waals surface area contributed by atoms with E-state index in [1.807, 2.05) is 60.7 Å². The number of hydrogen-bond acceptors (Lipinski definition) is 4. The third kappa shape index (κ3) is 2.29. The summed E-state index contributed by atoms with van der Waals surface area (Å²) in [7, 11) is 0. The lowest BCUT2D eigenvalue weighted by Gasteiger charge is -2.12. The second-order valence-electron chi connectivity index (χ2n) is 5.47. The monoisotopic (exact) mass is 323 g/mol. The fourth-order valence-corrected chi connectivity index (χ4v) is 2.92. The van der Waals surface area contributed by atoms with Crippen LogP contribution in [0.4, 0.5) is 11.6 Å². The van der Waals surface area contributed by atoms with Crippen molar-refractivity contribution >= 4 is 39.8 Å². The third-order valence-corrected chi connectivity index (χ3v) is 4.09. The Labute approximate surface area is 137 Å². The first-order chi connectivity index (χ1) is 11.1. The second kappa shape index (κ2) is 5.21. The summed E-state index contributed by atoms with van der Waals surface area (Å²) in [6, 6.07) is 13.7. The molecule has 0 aliphatic heterocycles. The molecule has 5 nitrogen and oxygen atoms in total. The number of aryl methyl sites for hydroxylation is 2. The van der Waals surface area contributed by atoms with E-state index in [-0.39, 0.29) is 0 Å². The van der Waals surface area contributed by atoms with Crippen LogP contribution in [0.5, 0.6) is 0 Å². The number of nitrogens with zero attached hydrogens (tertiary/aromatic N) is 4. The molecule has 0 atom stereocenters. The molecule has 0 aliphatic carbocycles. The molecule has 6 heteroatoms. The van der Waals surface area contributed by atoms with Crippen molar-refractivity contribution in [2.45, 2.75) is 13.8 Å².